The molecule has 0 nitrogen and oxygen atoms in total. The molecule has 0 aromatic rings. The molecule has 0 rings (SSSR count). The second-order valence-electron chi connectivity index (χ2n) is 4.73. The fourth-order valence-corrected chi connectivity index (χ4v) is 0. The Bertz CT molecular complexity index is 60.1. The molecule has 0 aliphatic rings. The molecular formula is C12H29+. The fourth-order valence-electron chi connectivity index (χ4n) is 0. The van der Waals surface area contributed by atoms with Gasteiger partial charge >= 0.3 is 0 Å². The zero-order valence-corrected chi connectivity index (χ0v) is 10.6. The van der Waals surface area contributed by atoms with Gasteiger partial charge < -0.3 is 0 Å². The van der Waals surface area contributed by atoms with Crippen LogP contribution in [-0.2, 0) is 0 Å². The Morgan fingerprint density at radius 1 is 0.833 bits per heavy atom. The van der Waals surface area contributed by atoms with E-state index in [2.05, 4.69) is 41.5 Å². The third-order valence-electron chi connectivity index (χ3n) is 0. The molecule has 0 heterocycles. The molecule has 0 atom stereocenters. The number of hydrogen-bond donors (Lipinski definition) is 0. The summed E-state index contributed by atoms with van der Waals surface area (Å²) in [6.07, 6.45) is 0. The predicted molar refractivity (Wildman–Crippen MR) is 61.3 cm³/mol. The van der Waals surface area contributed by atoms with E-state index >= 15 is 0 Å². The number of rotatable bonds is 0. The molecule has 0 aromatic carbocycles. The van der Waals surface area contributed by atoms with E-state index < -0.39 is 0 Å². The summed E-state index contributed by atoms with van der Waals surface area (Å²) in [4.78, 5) is 0. The summed E-state index contributed by atoms with van der Waals surface area (Å²) < 4.78 is 6.94. The minimum Gasteiger partial charge on any atom is -0.0630 e. The lowest BCUT2D eigenvalue weighted by molar-refractivity contribution is 0.736. The zero-order chi connectivity index (χ0) is 11.7. The van der Waals surface area contributed by atoms with Crippen LogP contribution in [0.1, 0.15) is 63.7 Å². The van der Waals surface area contributed by atoms with E-state index in [1.165, 1.54) is 5.92 Å². The highest BCUT2D eigenvalue weighted by molar-refractivity contribution is 4.64. The lowest BCUT2D eigenvalue weighted by Gasteiger charge is -1.79. The van der Waals surface area contributed by atoms with Crippen LogP contribution in [0.4, 0.5) is 0 Å². The van der Waals surface area contributed by atoms with Crippen LogP contribution in [0.25, 0.3) is 0 Å². The van der Waals surface area contributed by atoms with Crippen LogP contribution < -0.4 is 0 Å². The van der Waals surface area contributed by atoms with Crippen molar-refractivity contribution in [2.24, 2.45) is 11.8 Å². The Morgan fingerprint density at radius 3 is 0.833 bits per heavy atom. The molecule has 0 amide bonds. The van der Waals surface area contributed by atoms with Gasteiger partial charge in [0, 0.05) is 1.37 Å². The van der Waals surface area contributed by atoms with Crippen molar-refractivity contribution >= 4 is 0 Å². The molecule has 0 unspecified atom stereocenters. The maximum absolute atomic E-state index is 6.94. The van der Waals surface area contributed by atoms with Crippen molar-refractivity contribution in [3.05, 3.63) is 5.92 Å². The monoisotopic (exact) mass is 174 g/mol. The van der Waals surface area contributed by atoms with Crippen molar-refractivity contribution in [2.75, 3.05) is 0 Å². The normalized spacial score (nSPS) is 10.3. The Hall–Kier alpha value is -0.130. The van der Waals surface area contributed by atoms with Crippen molar-refractivity contribution < 1.29 is 1.37 Å². The molecule has 76 valence electrons. The summed E-state index contributed by atoms with van der Waals surface area (Å²) in [6, 6.07) is 0. The second-order valence-corrected chi connectivity index (χ2v) is 4.73. The van der Waals surface area contributed by atoms with E-state index in [4.69, 9.17) is 1.37 Å². The largest absolute Gasteiger partial charge is 0.0813 e. The van der Waals surface area contributed by atoms with Crippen molar-refractivity contribution in [1.29, 1.82) is 0 Å². The van der Waals surface area contributed by atoms with Crippen LogP contribution in [0.2, 0.25) is 0 Å². The van der Waals surface area contributed by atoms with E-state index in [0.717, 1.165) is 5.92 Å². The van der Waals surface area contributed by atoms with Gasteiger partial charge in [0.2, 0.25) is 0 Å². The Kier molecular flexibility index (Phi) is 16.1. The molecule has 12 heavy (non-hydrogen) atoms. The van der Waals surface area contributed by atoms with Gasteiger partial charge in [-0.3, -0.25) is 0 Å². The number of hydrogen-bond acceptors (Lipinski definition) is 0. The average molecular weight is 174 g/mol. The van der Waals surface area contributed by atoms with E-state index in [1.807, 2.05) is 20.8 Å². The quantitative estimate of drug-likeness (QED) is 0.456. The van der Waals surface area contributed by atoms with Crippen LogP contribution in [-0.4, -0.2) is 0 Å². The molecular weight excluding hydrogens is 144 g/mol. The molecule has 0 aromatic heterocycles. The first-order valence-corrected chi connectivity index (χ1v) is 4.73. The molecule has 0 fully saturated rings. The van der Waals surface area contributed by atoms with E-state index in [9.17, 15) is 0 Å². The first-order chi connectivity index (χ1) is 5.46. The Morgan fingerprint density at radius 2 is 0.833 bits per heavy atom. The first-order valence-electron chi connectivity index (χ1n) is 5.23. The van der Waals surface area contributed by atoms with Gasteiger partial charge in [-0.25, -0.2) is 0 Å². The van der Waals surface area contributed by atoms with Crippen molar-refractivity contribution in [2.45, 2.75) is 62.3 Å². The summed E-state index contributed by atoms with van der Waals surface area (Å²) in [5.74, 6) is 2.00. The summed E-state index contributed by atoms with van der Waals surface area (Å²) in [6.45, 7) is 18.3. The lowest BCUT2D eigenvalue weighted by Crippen LogP contribution is -1.66. The molecule has 0 spiro atoms. The minimum atomic E-state index is -0.250. The first kappa shape index (κ1) is 14.4. The molecule has 0 bridgehead atoms. The van der Waals surface area contributed by atoms with Crippen LogP contribution in [0.3, 0.4) is 0 Å². The lowest BCUT2D eigenvalue weighted by atomic mass is 10.3. The maximum Gasteiger partial charge on any atom is 0.0813 e. The minimum absolute atomic E-state index is 0.250. The molecule has 0 N–H and O–H groups in total. The molecule has 0 heteroatoms. The summed E-state index contributed by atoms with van der Waals surface area (Å²) in [5.41, 5.74) is 0. The van der Waals surface area contributed by atoms with E-state index in [1.54, 1.807) is 0 Å². The Labute approximate surface area is 82.2 Å². The third kappa shape index (κ3) is 45900. The molecule has 0 saturated carbocycles. The van der Waals surface area contributed by atoms with Gasteiger partial charge in [-0.2, -0.15) is 0 Å². The third-order valence-corrected chi connectivity index (χ3v) is 0. The van der Waals surface area contributed by atoms with Crippen LogP contribution in [0.5, 0.6) is 0 Å². The maximum atomic E-state index is 6.94. The van der Waals surface area contributed by atoms with Gasteiger partial charge in [0.1, 0.15) is 0 Å². The summed E-state index contributed by atoms with van der Waals surface area (Å²) in [5, 5.41) is 0. The smallest absolute Gasteiger partial charge is 0.0630 e. The van der Waals surface area contributed by atoms with Crippen molar-refractivity contribution in [3.63, 3.8) is 0 Å². The Balaban J connectivity index is -0.000000117. The molecule has 0 aliphatic carbocycles. The fraction of sp³-hybridized carbons (Fsp3) is 0.917. The van der Waals surface area contributed by atoms with Crippen molar-refractivity contribution in [1.82, 2.24) is 0 Å². The van der Waals surface area contributed by atoms with Crippen LogP contribution in [0.15, 0.2) is 0 Å². The van der Waals surface area contributed by atoms with Gasteiger partial charge in [-0.1, -0.05) is 41.5 Å². The van der Waals surface area contributed by atoms with Gasteiger partial charge in [0.15, 0.2) is 0 Å². The zero-order valence-electron chi connectivity index (χ0n) is 11.6. The standard InChI is InChI=1S/2C4H10.C4H9/c3*1-4(2)3/h2*4H,1-3H3;1-3H3/q;;+1/i4D;;. The topological polar surface area (TPSA) is 0 Å². The van der Waals surface area contributed by atoms with Gasteiger partial charge in [0.25, 0.3) is 0 Å². The highest BCUT2D eigenvalue weighted by Crippen LogP contribution is 1.85. The van der Waals surface area contributed by atoms with E-state index in [0.29, 0.717) is 0 Å². The highest BCUT2D eigenvalue weighted by Gasteiger charge is 1.81. The van der Waals surface area contributed by atoms with E-state index in [-0.39, 0.29) is 5.89 Å². The predicted octanol–water partition coefficient (Wildman–Crippen LogP) is 4.95. The SMILES string of the molecule is CC(C)C.C[C+](C)C.[2H]C(C)(C)C. The highest BCUT2D eigenvalue weighted by atomic mass is 13.8. The van der Waals surface area contributed by atoms with Gasteiger partial charge in [0.05, 0.1) is 26.7 Å². The molecule has 0 saturated heterocycles. The van der Waals surface area contributed by atoms with Crippen LogP contribution >= 0.6 is 0 Å². The van der Waals surface area contributed by atoms with Gasteiger partial charge in [-0.15, -0.1) is 0 Å². The second kappa shape index (κ2) is 13.5. The molecule has 0 radical (unpaired) electrons. The average Bonchev–Trinajstić information content (AvgIpc) is 1.50. The van der Waals surface area contributed by atoms with Crippen molar-refractivity contribution in [3.8, 4) is 0 Å². The van der Waals surface area contributed by atoms with Gasteiger partial charge in [-0.05, 0) is 11.8 Å². The van der Waals surface area contributed by atoms with Crippen LogP contribution in [0, 0.1) is 17.7 Å². The summed E-state index contributed by atoms with van der Waals surface area (Å²) in [7, 11) is 0. The molecule has 0 aliphatic heterocycles. The summed E-state index contributed by atoms with van der Waals surface area (Å²) >= 11 is 0.